The van der Waals surface area contributed by atoms with Crippen molar-refractivity contribution in [1.29, 1.82) is 0 Å². The summed E-state index contributed by atoms with van der Waals surface area (Å²) in [7, 11) is 4.00. The second-order valence-corrected chi connectivity index (χ2v) is 4.82. The van der Waals surface area contributed by atoms with E-state index in [9.17, 15) is 0 Å². The van der Waals surface area contributed by atoms with Gasteiger partial charge >= 0.3 is 0 Å². The number of hydrogen-bond acceptors (Lipinski definition) is 3. The minimum atomic E-state index is 0. The van der Waals surface area contributed by atoms with Gasteiger partial charge in [-0.05, 0) is 33.7 Å². The molecule has 0 amide bonds. The van der Waals surface area contributed by atoms with Gasteiger partial charge in [0.05, 0.1) is 6.61 Å². The third-order valence-corrected chi connectivity index (χ3v) is 3.35. The molecule has 0 aromatic carbocycles. The Balaban J connectivity index is 0.00000324. The highest BCUT2D eigenvalue weighted by Crippen LogP contribution is 2.26. The number of rotatable bonds is 8. The number of likely N-dealkylation sites (N-methyl/N-ethyl adjacent to an activating group) is 1. The van der Waals surface area contributed by atoms with Crippen molar-refractivity contribution in [2.75, 3.05) is 40.4 Å². The molecule has 1 saturated carbocycles. The summed E-state index contributed by atoms with van der Waals surface area (Å²) in [5, 5.41) is 6.59. The minimum absolute atomic E-state index is 0. The number of halogens is 1. The lowest BCUT2D eigenvalue weighted by Crippen LogP contribution is -2.46. The predicted molar refractivity (Wildman–Crippen MR) is 91.5 cm³/mol. The first-order chi connectivity index (χ1) is 8.69. The zero-order valence-corrected chi connectivity index (χ0v) is 14.9. The van der Waals surface area contributed by atoms with Crippen LogP contribution >= 0.6 is 24.0 Å². The highest BCUT2D eigenvalue weighted by Gasteiger charge is 2.28. The minimum Gasteiger partial charge on any atom is -0.380 e. The molecule has 1 fully saturated rings. The third-order valence-electron chi connectivity index (χ3n) is 3.35. The molecule has 1 unspecified atom stereocenters. The Morgan fingerprint density at radius 1 is 1.42 bits per heavy atom. The van der Waals surface area contributed by atoms with Crippen molar-refractivity contribution in [2.45, 2.75) is 38.8 Å². The molecular formula is C13H29IN4O. The molecule has 0 spiro atoms. The Morgan fingerprint density at radius 3 is 2.63 bits per heavy atom. The van der Waals surface area contributed by atoms with E-state index in [4.69, 9.17) is 4.74 Å². The van der Waals surface area contributed by atoms with Gasteiger partial charge in [-0.15, -0.1) is 24.0 Å². The molecule has 1 rings (SSSR count). The monoisotopic (exact) mass is 384 g/mol. The Bertz CT molecular complexity index is 259. The fourth-order valence-corrected chi connectivity index (χ4v) is 1.84. The van der Waals surface area contributed by atoms with Crippen molar-refractivity contribution in [3.05, 3.63) is 0 Å². The molecule has 0 aliphatic heterocycles. The second kappa shape index (κ2) is 10.7. The van der Waals surface area contributed by atoms with Crippen LogP contribution in [0.15, 0.2) is 4.99 Å². The fraction of sp³-hybridized carbons (Fsp3) is 0.923. The molecule has 0 saturated heterocycles. The summed E-state index contributed by atoms with van der Waals surface area (Å²) in [5.41, 5.74) is 0. The average Bonchev–Trinajstić information content (AvgIpc) is 3.21. The topological polar surface area (TPSA) is 48.9 Å². The van der Waals surface area contributed by atoms with E-state index in [1.807, 2.05) is 6.92 Å². The van der Waals surface area contributed by atoms with Crippen LogP contribution in [0.4, 0.5) is 0 Å². The molecule has 2 N–H and O–H groups in total. The lowest BCUT2D eigenvalue weighted by molar-refractivity contribution is 0.152. The Morgan fingerprint density at radius 2 is 2.11 bits per heavy atom. The Hall–Kier alpha value is -0.0800. The number of aliphatic imine (C=N–C) groups is 1. The van der Waals surface area contributed by atoms with Gasteiger partial charge in [0.25, 0.3) is 0 Å². The SMILES string of the molecule is CCOCCNC(=NC)NCC(C)N(C)C1CC1.I. The van der Waals surface area contributed by atoms with E-state index in [1.54, 1.807) is 7.05 Å². The molecule has 0 radical (unpaired) electrons. The van der Waals surface area contributed by atoms with Crippen LogP contribution in [0, 0.1) is 0 Å². The van der Waals surface area contributed by atoms with Crippen molar-refractivity contribution >= 4 is 29.9 Å². The van der Waals surface area contributed by atoms with Gasteiger partial charge in [-0.3, -0.25) is 9.89 Å². The van der Waals surface area contributed by atoms with Crippen molar-refractivity contribution < 1.29 is 4.74 Å². The van der Waals surface area contributed by atoms with Crippen LogP contribution in [-0.2, 0) is 4.74 Å². The fourth-order valence-electron chi connectivity index (χ4n) is 1.84. The molecule has 114 valence electrons. The highest BCUT2D eigenvalue weighted by atomic mass is 127. The standard InChI is InChI=1S/C13H28N4O.HI/c1-5-18-9-8-15-13(14-3)16-10-11(2)17(4)12-6-7-12;/h11-12H,5-10H2,1-4H3,(H2,14,15,16);1H. The number of guanidine groups is 1. The number of ether oxygens (including phenoxy) is 1. The van der Waals surface area contributed by atoms with Gasteiger partial charge in [0.1, 0.15) is 0 Å². The van der Waals surface area contributed by atoms with Crippen LogP contribution in [-0.4, -0.2) is 63.3 Å². The van der Waals surface area contributed by atoms with E-state index in [-0.39, 0.29) is 24.0 Å². The molecule has 1 aliphatic rings. The first-order valence-electron chi connectivity index (χ1n) is 6.93. The van der Waals surface area contributed by atoms with E-state index in [0.29, 0.717) is 12.6 Å². The van der Waals surface area contributed by atoms with Gasteiger partial charge in [-0.2, -0.15) is 0 Å². The molecule has 0 aromatic rings. The maximum atomic E-state index is 5.28. The molecule has 5 nitrogen and oxygen atoms in total. The molecule has 6 heteroatoms. The molecule has 1 aliphatic carbocycles. The van der Waals surface area contributed by atoms with E-state index in [2.05, 4.69) is 34.5 Å². The summed E-state index contributed by atoms with van der Waals surface area (Å²) in [6, 6.07) is 1.33. The summed E-state index contributed by atoms with van der Waals surface area (Å²) >= 11 is 0. The van der Waals surface area contributed by atoms with Crippen LogP contribution in [0.3, 0.4) is 0 Å². The summed E-state index contributed by atoms with van der Waals surface area (Å²) in [6.45, 7) is 7.44. The lowest BCUT2D eigenvalue weighted by Gasteiger charge is -2.25. The summed E-state index contributed by atoms with van der Waals surface area (Å²) in [4.78, 5) is 6.64. The first-order valence-corrected chi connectivity index (χ1v) is 6.93. The summed E-state index contributed by atoms with van der Waals surface area (Å²) < 4.78 is 5.28. The van der Waals surface area contributed by atoms with E-state index in [1.165, 1.54) is 12.8 Å². The van der Waals surface area contributed by atoms with Gasteiger partial charge in [0, 0.05) is 38.8 Å². The zero-order chi connectivity index (χ0) is 13.4. The van der Waals surface area contributed by atoms with Crippen LogP contribution in [0.1, 0.15) is 26.7 Å². The summed E-state index contributed by atoms with van der Waals surface area (Å²) in [6.07, 6.45) is 2.70. The molecule has 0 heterocycles. The number of hydrogen-bond donors (Lipinski definition) is 2. The Kier molecular flexibility index (Phi) is 10.6. The lowest BCUT2D eigenvalue weighted by atomic mass is 10.3. The maximum absolute atomic E-state index is 5.28. The second-order valence-electron chi connectivity index (χ2n) is 4.82. The quantitative estimate of drug-likeness (QED) is 0.287. The number of nitrogens with zero attached hydrogens (tertiary/aromatic N) is 2. The molecule has 19 heavy (non-hydrogen) atoms. The smallest absolute Gasteiger partial charge is 0.191 e. The molecule has 1 atom stereocenters. The van der Waals surface area contributed by atoms with E-state index >= 15 is 0 Å². The van der Waals surface area contributed by atoms with Crippen LogP contribution in [0.25, 0.3) is 0 Å². The third kappa shape index (κ3) is 7.94. The van der Waals surface area contributed by atoms with Crippen molar-refractivity contribution in [2.24, 2.45) is 4.99 Å². The van der Waals surface area contributed by atoms with Gasteiger partial charge in [0.15, 0.2) is 5.96 Å². The van der Waals surface area contributed by atoms with Crippen molar-refractivity contribution in [1.82, 2.24) is 15.5 Å². The first kappa shape index (κ1) is 18.9. The maximum Gasteiger partial charge on any atom is 0.191 e. The highest BCUT2D eigenvalue weighted by molar-refractivity contribution is 14.0. The Labute approximate surface area is 134 Å². The normalized spacial score (nSPS) is 17.0. The van der Waals surface area contributed by atoms with Crippen molar-refractivity contribution in [3.8, 4) is 0 Å². The van der Waals surface area contributed by atoms with Crippen LogP contribution in [0.2, 0.25) is 0 Å². The predicted octanol–water partition coefficient (Wildman–Crippen LogP) is 1.29. The number of nitrogens with one attached hydrogen (secondary N) is 2. The average molecular weight is 384 g/mol. The molecule has 0 bridgehead atoms. The van der Waals surface area contributed by atoms with E-state index in [0.717, 1.165) is 31.7 Å². The van der Waals surface area contributed by atoms with Gasteiger partial charge < -0.3 is 15.4 Å². The van der Waals surface area contributed by atoms with Gasteiger partial charge in [0.2, 0.25) is 0 Å². The van der Waals surface area contributed by atoms with Gasteiger partial charge in [-0.25, -0.2) is 0 Å². The van der Waals surface area contributed by atoms with Gasteiger partial charge in [-0.1, -0.05) is 0 Å². The largest absolute Gasteiger partial charge is 0.380 e. The zero-order valence-electron chi connectivity index (χ0n) is 12.6. The van der Waals surface area contributed by atoms with Crippen LogP contribution in [0.5, 0.6) is 0 Å². The summed E-state index contributed by atoms with van der Waals surface area (Å²) in [5.74, 6) is 0.853. The molecular weight excluding hydrogens is 355 g/mol. The molecule has 0 aromatic heterocycles. The van der Waals surface area contributed by atoms with E-state index < -0.39 is 0 Å². The van der Waals surface area contributed by atoms with Crippen LogP contribution < -0.4 is 10.6 Å². The van der Waals surface area contributed by atoms with Crippen molar-refractivity contribution in [3.63, 3.8) is 0 Å².